The van der Waals surface area contributed by atoms with Gasteiger partial charge < -0.3 is 10.2 Å². The van der Waals surface area contributed by atoms with Gasteiger partial charge in [0.05, 0.1) is 46.2 Å². The van der Waals surface area contributed by atoms with Gasteiger partial charge in [-0.3, -0.25) is 14.6 Å². The molecular formula is C35H31N11OS. The van der Waals surface area contributed by atoms with Crippen molar-refractivity contribution in [2.24, 2.45) is 0 Å². The van der Waals surface area contributed by atoms with Crippen LogP contribution in [-0.4, -0.2) is 63.9 Å². The summed E-state index contributed by atoms with van der Waals surface area (Å²) in [6, 6.07) is 22.9. The predicted octanol–water partition coefficient (Wildman–Crippen LogP) is 5.59. The van der Waals surface area contributed by atoms with Crippen LogP contribution in [0.15, 0.2) is 85.5 Å². The molecular weight excluding hydrogens is 623 g/mol. The summed E-state index contributed by atoms with van der Waals surface area (Å²) >= 11 is 1.69. The number of hydrogen-bond acceptors (Lipinski definition) is 9. The van der Waals surface area contributed by atoms with E-state index in [0.717, 1.165) is 71.2 Å². The fourth-order valence-corrected chi connectivity index (χ4v) is 7.95. The summed E-state index contributed by atoms with van der Waals surface area (Å²) in [4.78, 5) is 27.2. The SMILES string of the molecule is O=C(NCCC1CN(c2ncnc3[nH]ncc23)c2ccccc21)c1c(Cn2cc(-c3ccc(-c4ccccc4)s3)nn2)nn2c1CCC2. The summed E-state index contributed by atoms with van der Waals surface area (Å²) < 4.78 is 3.76. The van der Waals surface area contributed by atoms with Crippen LogP contribution >= 0.6 is 11.3 Å². The summed E-state index contributed by atoms with van der Waals surface area (Å²) in [7, 11) is 0. The van der Waals surface area contributed by atoms with Crippen molar-refractivity contribution in [1.82, 2.24) is 50.3 Å². The van der Waals surface area contributed by atoms with Crippen LogP contribution in [0.4, 0.5) is 11.5 Å². The number of aryl methyl sites for hydroxylation is 1. The van der Waals surface area contributed by atoms with Gasteiger partial charge in [0, 0.05) is 36.1 Å². The van der Waals surface area contributed by atoms with Crippen molar-refractivity contribution in [2.45, 2.75) is 38.3 Å². The third-order valence-electron chi connectivity index (χ3n) is 9.24. The van der Waals surface area contributed by atoms with E-state index in [-0.39, 0.29) is 11.8 Å². The summed E-state index contributed by atoms with van der Waals surface area (Å²) in [5.74, 6) is 0.974. The van der Waals surface area contributed by atoms with Gasteiger partial charge in [0.2, 0.25) is 0 Å². The Kier molecular flexibility index (Phi) is 7.03. The van der Waals surface area contributed by atoms with Crippen LogP contribution in [0, 0.1) is 0 Å². The smallest absolute Gasteiger partial charge is 0.255 e. The van der Waals surface area contributed by atoms with E-state index in [4.69, 9.17) is 5.10 Å². The van der Waals surface area contributed by atoms with Crippen molar-refractivity contribution >= 4 is 39.8 Å². The molecule has 12 nitrogen and oxygen atoms in total. The molecule has 2 aliphatic heterocycles. The van der Waals surface area contributed by atoms with Crippen LogP contribution in [0.25, 0.3) is 32.0 Å². The van der Waals surface area contributed by atoms with Crippen LogP contribution in [0.1, 0.15) is 46.1 Å². The molecule has 13 heteroatoms. The maximum Gasteiger partial charge on any atom is 0.255 e. The van der Waals surface area contributed by atoms with Crippen LogP contribution in [0.3, 0.4) is 0 Å². The van der Waals surface area contributed by atoms with Crippen LogP contribution < -0.4 is 10.2 Å². The maximum atomic E-state index is 13.8. The monoisotopic (exact) mass is 653 g/mol. The first-order valence-corrected chi connectivity index (χ1v) is 16.9. The van der Waals surface area contributed by atoms with Crippen molar-refractivity contribution in [2.75, 3.05) is 18.0 Å². The molecule has 2 aliphatic rings. The Morgan fingerprint density at radius 1 is 1.02 bits per heavy atom. The molecule has 2 aromatic carbocycles. The van der Waals surface area contributed by atoms with Crippen LogP contribution in [0.2, 0.25) is 0 Å². The predicted molar refractivity (Wildman–Crippen MR) is 183 cm³/mol. The van der Waals surface area contributed by atoms with E-state index in [2.05, 4.69) is 83.2 Å². The lowest BCUT2D eigenvalue weighted by Crippen LogP contribution is -2.28. The molecule has 0 radical (unpaired) electrons. The number of carbonyl (C=O) groups excluding carboxylic acids is 1. The molecule has 5 aromatic heterocycles. The van der Waals surface area contributed by atoms with E-state index >= 15 is 0 Å². The zero-order chi connectivity index (χ0) is 32.0. The zero-order valence-corrected chi connectivity index (χ0v) is 26.8. The largest absolute Gasteiger partial charge is 0.352 e. The number of aromatic nitrogens is 9. The molecule has 7 heterocycles. The van der Waals surface area contributed by atoms with Gasteiger partial charge >= 0.3 is 0 Å². The Balaban J connectivity index is 0.902. The van der Waals surface area contributed by atoms with E-state index in [1.54, 1.807) is 28.5 Å². The van der Waals surface area contributed by atoms with Gasteiger partial charge in [-0.15, -0.1) is 16.4 Å². The summed E-state index contributed by atoms with van der Waals surface area (Å²) in [6.45, 7) is 2.49. The molecule has 1 unspecified atom stereocenters. The minimum absolute atomic E-state index is 0.0849. The first-order valence-electron chi connectivity index (χ1n) is 16.1. The van der Waals surface area contributed by atoms with E-state index in [1.807, 2.05) is 35.1 Å². The number of anilines is 2. The number of amides is 1. The normalized spacial score (nSPS) is 15.2. The second kappa shape index (κ2) is 11.8. The molecule has 0 aliphatic carbocycles. The maximum absolute atomic E-state index is 13.8. The summed E-state index contributed by atoms with van der Waals surface area (Å²) in [6.07, 6.45) is 7.88. The number of hydrogen-bond donors (Lipinski definition) is 2. The number of H-pyrrole nitrogens is 1. The molecule has 1 amide bonds. The molecule has 1 atom stereocenters. The van der Waals surface area contributed by atoms with E-state index in [1.165, 1.54) is 16.0 Å². The Morgan fingerprint density at radius 3 is 2.83 bits per heavy atom. The van der Waals surface area contributed by atoms with Crippen molar-refractivity contribution in [3.8, 4) is 21.0 Å². The van der Waals surface area contributed by atoms with E-state index in [0.29, 0.717) is 24.3 Å². The highest BCUT2D eigenvalue weighted by atomic mass is 32.1. The molecule has 0 fully saturated rings. The molecule has 9 rings (SSSR count). The average molecular weight is 654 g/mol. The highest BCUT2D eigenvalue weighted by molar-refractivity contribution is 7.18. The van der Waals surface area contributed by atoms with E-state index < -0.39 is 0 Å². The number of rotatable bonds is 9. The summed E-state index contributed by atoms with van der Waals surface area (Å²) in [5.41, 5.74) is 7.46. The zero-order valence-electron chi connectivity index (χ0n) is 26.0. The van der Waals surface area contributed by atoms with E-state index in [9.17, 15) is 4.79 Å². The lowest BCUT2D eigenvalue weighted by Gasteiger charge is -2.19. The Morgan fingerprint density at radius 2 is 1.90 bits per heavy atom. The Labute approximate surface area is 279 Å². The molecule has 48 heavy (non-hydrogen) atoms. The number of nitrogens with zero attached hydrogens (tertiary/aromatic N) is 9. The van der Waals surface area contributed by atoms with Crippen molar-refractivity contribution in [1.29, 1.82) is 0 Å². The van der Waals surface area contributed by atoms with Gasteiger partial charge in [-0.2, -0.15) is 10.2 Å². The molecule has 0 saturated heterocycles. The number of aromatic amines is 1. The molecule has 0 saturated carbocycles. The second-order valence-electron chi connectivity index (χ2n) is 12.2. The van der Waals surface area contributed by atoms with Crippen molar-refractivity contribution in [3.05, 3.63) is 108 Å². The number of nitrogens with one attached hydrogen (secondary N) is 2. The number of para-hydroxylation sites is 1. The topological polar surface area (TPSA) is 135 Å². The fraction of sp³-hybridized carbons (Fsp3) is 0.229. The molecule has 238 valence electrons. The third-order valence-corrected chi connectivity index (χ3v) is 10.4. The highest BCUT2D eigenvalue weighted by Gasteiger charge is 2.32. The lowest BCUT2D eigenvalue weighted by atomic mass is 9.98. The standard InChI is InChI=1S/C35H31N11OS/c47-35(36-15-14-23-18-45(28-10-5-4-9-24(23)28)34-25-17-39-41-33(25)37-21-38-34)32-27(42-46-16-6-11-29(32)46)20-44-19-26(40-43-44)31-13-12-30(48-31)22-7-2-1-3-8-22/h1-5,7-10,12-13,17,19,21,23H,6,11,14-16,18,20H2,(H,36,47)(H,37,38,39,41). The quantitative estimate of drug-likeness (QED) is 0.206. The van der Waals surface area contributed by atoms with Gasteiger partial charge in [-0.25, -0.2) is 14.6 Å². The van der Waals surface area contributed by atoms with Crippen LogP contribution in [0.5, 0.6) is 0 Å². The van der Waals surface area contributed by atoms with Crippen LogP contribution in [-0.2, 0) is 19.5 Å². The number of fused-ring (bicyclic) bond motifs is 3. The summed E-state index contributed by atoms with van der Waals surface area (Å²) in [5, 5.41) is 24.9. The van der Waals surface area contributed by atoms with Gasteiger partial charge in [-0.1, -0.05) is 53.7 Å². The fourth-order valence-electron chi connectivity index (χ4n) is 6.99. The first-order chi connectivity index (χ1) is 23.7. The highest BCUT2D eigenvalue weighted by Crippen LogP contribution is 2.43. The Hall–Kier alpha value is -5.69. The number of carbonyl (C=O) groups is 1. The second-order valence-corrected chi connectivity index (χ2v) is 13.3. The van der Waals surface area contributed by atoms with Crippen molar-refractivity contribution in [3.63, 3.8) is 0 Å². The van der Waals surface area contributed by atoms with Crippen molar-refractivity contribution < 1.29 is 4.79 Å². The average Bonchev–Trinajstić information content (AvgIpc) is 3.96. The molecule has 0 spiro atoms. The van der Waals surface area contributed by atoms with Gasteiger partial charge in [-0.05, 0) is 48.6 Å². The Bertz CT molecular complexity index is 2270. The van der Waals surface area contributed by atoms with Gasteiger partial charge in [0.1, 0.15) is 17.8 Å². The molecule has 7 aromatic rings. The number of benzene rings is 2. The number of thiophene rings is 1. The minimum Gasteiger partial charge on any atom is -0.352 e. The first kappa shape index (κ1) is 28.5. The van der Waals surface area contributed by atoms with Gasteiger partial charge in [0.25, 0.3) is 5.91 Å². The molecule has 2 N–H and O–H groups in total. The lowest BCUT2D eigenvalue weighted by molar-refractivity contribution is 0.0950. The molecule has 0 bridgehead atoms. The third kappa shape index (κ3) is 5.03. The minimum atomic E-state index is -0.0849. The van der Waals surface area contributed by atoms with Gasteiger partial charge in [0.15, 0.2) is 5.65 Å².